The van der Waals surface area contributed by atoms with Crippen LogP contribution in [-0.4, -0.2) is 43.3 Å². The Morgan fingerprint density at radius 2 is 2.04 bits per heavy atom. The Bertz CT molecular complexity index is 715. The fraction of sp³-hybridized carbons (Fsp3) is 0.333. The van der Waals surface area contributed by atoms with Crippen LogP contribution in [0.4, 0.5) is 5.69 Å². The van der Waals surface area contributed by atoms with Gasteiger partial charge < -0.3 is 9.47 Å². The van der Waals surface area contributed by atoms with Crippen molar-refractivity contribution in [3.8, 4) is 5.75 Å². The first-order valence-electron chi connectivity index (χ1n) is 7.11. The number of carbonyl (C=O) groups is 3. The highest BCUT2D eigenvalue weighted by Gasteiger charge is 2.56. The zero-order chi connectivity index (χ0) is 16.6. The van der Waals surface area contributed by atoms with Crippen LogP contribution in [0.1, 0.15) is 6.92 Å². The molecule has 2 heterocycles. The molecule has 1 saturated heterocycles. The summed E-state index contributed by atoms with van der Waals surface area (Å²) in [6.45, 7) is 1.81. The minimum absolute atomic E-state index is 0.0763. The van der Waals surface area contributed by atoms with Crippen LogP contribution < -0.4 is 15.1 Å². The van der Waals surface area contributed by atoms with Gasteiger partial charge in [-0.1, -0.05) is 12.1 Å². The molecule has 2 amide bonds. The Morgan fingerprint density at radius 3 is 2.74 bits per heavy atom. The summed E-state index contributed by atoms with van der Waals surface area (Å²) in [5.74, 6) is -2.29. The van der Waals surface area contributed by atoms with Crippen LogP contribution in [0, 0.1) is 5.92 Å². The first kappa shape index (κ1) is 15.0. The molecule has 1 N–H and O–H groups in total. The number of methoxy groups -OCH3 is 1. The fourth-order valence-corrected chi connectivity index (χ4v) is 2.71. The number of esters is 1. The number of anilines is 1. The zero-order valence-corrected chi connectivity index (χ0v) is 12.6. The van der Waals surface area contributed by atoms with E-state index in [0.717, 1.165) is 4.90 Å². The van der Waals surface area contributed by atoms with Gasteiger partial charge in [0.15, 0.2) is 5.71 Å². The number of amides is 2. The molecular weight excluding hydrogens is 302 g/mol. The molecule has 0 spiro atoms. The van der Waals surface area contributed by atoms with Crippen molar-refractivity contribution in [3.63, 3.8) is 0 Å². The number of para-hydroxylation sites is 2. The maximum absolute atomic E-state index is 12.7. The summed E-state index contributed by atoms with van der Waals surface area (Å²) in [4.78, 5) is 38.2. The number of carbonyl (C=O) groups excluding carboxylic acids is 3. The standard InChI is InChI=1S/C15H15N3O5/c1-3-23-15(21)12-10-11(16-17-12)14(20)18(13(10)19)8-6-4-5-7-9(8)22-2/h4-7,10-11,16H,3H2,1-2H3/t10-,11+/m0/s1. The molecule has 0 aliphatic carbocycles. The number of hydrogen-bond acceptors (Lipinski definition) is 7. The van der Waals surface area contributed by atoms with Crippen molar-refractivity contribution in [3.05, 3.63) is 24.3 Å². The highest BCUT2D eigenvalue weighted by Crippen LogP contribution is 2.35. The number of hydrazone groups is 1. The summed E-state index contributed by atoms with van der Waals surface area (Å²) in [5, 5.41) is 3.80. The lowest BCUT2D eigenvalue weighted by Gasteiger charge is -2.18. The molecule has 1 fully saturated rings. The van der Waals surface area contributed by atoms with Crippen molar-refractivity contribution >= 4 is 29.2 Å². The number of imide groups is 1. The summed E-state index contributed by atoms with van der Waals surface area (Å²) in [6, 6.07) is 5.79. The molecule has 2 aliphatic rings. The summed E-state index contributed by atoms with van der Waals surface area (Å²) in [7, 11) is 1.45. The van der Waals surface area contributed by atoms with E-state index in [2.05, 4.69) is 10.5 Å². The van der Waals surface area contributed by atoms with Crippen LogP contribution in [0.3, 0.4) is 0 Å². The number of fused-ring (bicyclic) bond motifs is 1. The van der Waals surface area contributed by atoms with E-state index in [1.165, 1.54) is 7.11 Å². The van der Waals surface area contributed by atoms with E-state index in [1.54, 1.807) is 31.2 Å². The van der Waals surface area contributed by atoms with Gasteiger partial charge in [-0.15, -0.1) is 0 Å². The molecule has 2 aliphatic heterocycles. The Balaban J connectivity index is 1.96. The number of rotatable bonds is 4. The average molecular weight is 317 g/mol. The van der Waals surface area contributed by atoms with Gasteiger partial charge in [0.05, 0.1) is 19.4 Å². The second-order valence-corrected chi connectivity index (χ2v) is 4.99. The first-order chi connectivity index (χ1) is 11.1. The Labute approximate surface area is 132 Å². The number of ether oxygens (including phenoxy) is 2. The summed E-state index contributed by atoms with van der Waals surface area (Å²) >= 11 is 0. The normalized spacial score (nSPS) is 22.5. The van der Waals surface area contributed by atoms with Gasteiger partial charge in [-0.25, -0.2) is 9.69 Å². The topological polar surface area (TPSA) is 97.3 Å². The predicted octanol–water partition coefficient (Wildman–Crippen LogP) is 0.0755. The Kier molecular flexibility index (Phi) is 3.73. The molecule has 0 saturated carbocycles. The van der Waals surface area contributed by atoms with E-state index in [1.807, 2.05) is 0 Å². The molecule has 8 heteroatoms. The molecule has 8 nitrogen and oxygen atoms in total. The van der Waals surface area contributed by atoms with Crippen molar-refractivity contribution in [2.45, 2.75) is 13.0 Å². The van der Waals surface area contributed by atoms with Gasteiger partial charge >= 0.3 is 5.97 Å². The molecule has 0 radical (unpaired) electrons. The second-order valence-electron chi connectivity index (χ2n) is 4.99. The summed E-state index contributed by atoms with van der Waals surface area (Å²) < 4.78 is 10.1. The third-order valence-electron chi connectivity index (χ3n) is 3.74. The molecule has 23 heavy (non-hydrogen) atoms. The lowest BCUT2D eigenvalue weighted by molar-refractivity contribution is -0.136. The van der Waals surface area contributed by atoms with E-state index in [0.29, 0.717) is 11.4 Å². The van der Waals surface area contributed by atoms with Gasteiger partial charge in [-0.2, -0.15) is 5.10 Å². The average Bonchev–Trinajstić information content (AvgIpc) is 3.09. The second kappa shape index (κ2) is 5.71. The summed E-state index contributed by atoms with van der Waals surface area (Å²) in [5.41, 5.74) is 2.82. The van der Waals surface area contributed by atoms with Crippen molar-refractivity contribution < 1.29 is 23.9 Å². The van der Waals surface area contributed by atoms with Gasteiger partial charge in [0, 0.05) is 0 Å². The lowest BCUT2D eigenvalue weighted by atomic mass is 9.99. The third kappa shape index (κ3) is 2.23. The minimum Gasteiger partial charge on any atom is -0.495 e. The maximum Gasteiger partial charge on any atom is 0.355 e. The number of nitrogens with zero attached hydrogens (tertiary/aromatic N) is 2. The SMILES string of the molecule is CCOC(=O)C1=NN[C@H]2C(=O)N(c3ccccc3OC)C(=O)[C@H]12. The van der Waals surface area contributed by atoms with E-state index in [-0.39, 0.29) is 12.3 Å². The van der Waals surface area contributed by atoms with E-state index >= 15 is 0 Å². The lowest BCUT2D eigenvalue weighted by Crippen LogP contribution is -2.36. The van der Waals surface area contributed by atoms with E-state index in [4.69, 9.17) is 9.47 Å². The minimum atomic E-state index is -0.980. The molecule has 0 bridgehead atoms. The number of nitrogens with one attached hydrogen (secondary N) is 1. The predicted molar refractivity (Wildman–Crippen MR) is 80.0 cm³/mol. The highest BCUT2D eigenvalue weighted by atomic mass is 16.5. The molecule has 2 atom stereocenters. The summed E-state index contributed by atoms with van der Waals surface area (Å²) in [6.07, 6.45) is 0. The smallest absolute Gasteiger partial charge is 0.355 e. The molecule has 0 aromatic heterocycles. The molecule has 120 valence electrons. The van der Waals surface area contributed by atoms with E-state index in [9.17, 15) is 14.4 Å². The highest BCUT2D eigenvalue weighted by molar-refractivity contribution is 6.46. The van der Waals surface area contributed by atoms with Crippen molar-refractivity contribution in [2.75, 3.05) is 18.6 Å². The zero-order valence-electron chi connectivity index (χ0n) is 12.6. The van der Waals surface area contributed by atoms with E-state index < -0.39 is 29.7 Å². The molecule has 3 rings (SSSR count). The van der Waals surface area contributed by atoms with Gasteiger partial charge in [-0.3, -0.25) is 15.0 Å². The fourth-order valence-electron chi connectivity index (χ4n) is 2.71. The number of hydrogen-bond donors (Lipinski definition) is 1. The quantitative estimate of drug-likeness (QED) is 0.624. The van der Waals surface area contributed by atoms with Crippen molar-refractivity contribution in [1.82, 2.24) is 5.43 Å². The van der Waals surface area contributed by atoms with Gasteiger partial charge in [0.1, 0.15) is 17.7 Å². The largest absolute Gasteiger partial charge is 0.495 e. The third-order valence-corrected chi connectivity index (χ3v) is 3.74. The van der Waals surface area contributed by atoms with Crippen LogP contribution in [0.25, 0.3) is 0 Å². The first-order valence-corrected chi connectivity index (χ1v) is 7.11. The van der Waals surface area contributed by atoms with Crippen molar-refractivity contribution in [2.24, 2.45) is 11.0 Å². The van der Waals surface area contributed by atoms with Gasteiger partial charge in [-0.05, 0) is 19.1 Å². The maximum atomic E-state index is 12.7. The Hall–Kier alpha value is -2.90. The van der Waals surface area contributed by atoms with Gasteiger partial charge in [0.2, 0.25) is 5.91 Å². The molecular formula is C15H15N3O5. The van der Waals surface area contributed by atoms with Crippen LogP contribution in [-0.2, 0) is 19.1 Å². The molecule has 1 aromatic carbocycles. The van der Waals surface area contributed by atoms with Crippen LogP contribution in [0.5, 0.6) is 5.75 Å². The van der Waals surface area contributed by atoms with Crippen LogP contribution in [0.2, 0.25) is 0 Å². The molecule has 1 aromatic rings. The van der Waals surface area contributed by atoms with Gasteiger partial charge in [0.25, 0.3) is 5.91 Å². The number of benzene rings is 1. The molecule has 0 unspecified atom stereocenters. The van der Waals surface area contributed by atoms with Crippen molar-refractivity contribution in [1.29, 1.82) is 0 Å². The van der Waals surface area contributed by atoms with Crippen LogP contribution in [0.15, 0.2) is 29.4 Å². The Morgan fingerprint density at radius 1 is 1.30 bits per heavy atom. The monoisotopic (exact) mass is 317 g/mol. The van der Waals surface area contributed by atoms with Crippen LogP contribution >= 0.6 is 0 Å².